The normalized spacial score (nSPS) is 11.0. The zero-order chi connectivity index (χ0) is 11.7. The first kappa shape index (κ1) is 10.7. The first-order valence-corrected chi connectivity index (χ1v) is 5.22. The van der Waals surface area contributed by atoms with Crippen molar-refractivity contribution < 1.29 is 9.53 Å². The van der Waals surface area contributed by atoms with Gasteiger partial charge < -0.3 is 9.30 Å². The molecule has 0 aliphatic heterocycles. The number of rotatable bonds is 2. The Morgan fingerprint density at radius 1 is 1.38 bits per heavy atom. The quantitative estimate of drug-likeness (QED) is 0.725. The van der Waals surface area contributed by atoms with Gasteiger partial charge in [-0.1, -0.05) is 12.1 Å². The molecule has 0 bridgehead atoms. The number of aryl methyl sites for hydroxylation is 1. The highest BCUT2D eigenvalue weighted by atomic mass is 16.5. The van der Waals surface area contributed by atoms with Crippen LogP contribution in [0.1, 0.15) is 24.5 Å². The van der Waals surface area contributed by atoms with Crippen LogP contribution in [0.25, 0.3) is 11.0 Å². The first-order chi connectivity index (χ1) is 7.59. The van der Waals surface area contributed by atoms with E-state index in [0.717, 1.165) is 11.0 Å². The average Bonchev–Trinajstić information content (AvgIpc) is 2.56. The molecule has 1 aromatic heterocycles. The van der Waals surface area contributed by atoms with Gasteiger partial charge >= 0.3 is 5.97 Å². The van der Waals surface area contributed by atoms with E-state index in [4.69, 9.17) is 4.74 Å². The van der Waals surface area contributed by atoms with E-state index < -0.39 is 0 Å². The summed E-state index contributed by atoms with van der Waals surface area (Å²) in [6, 6.07) is 7.62. The van der Waals surface area contributed by atoms with Gasteiger partial charge in [0, 0.05) is 7.05 Å². The van der Waals surface area contributed by atoms with Crippen molar-refractivity contribution in [2.24, 2.45) is 7.05 Å². The minimum absolute atomic E-state index is 0.132. The number of nitrogens with zero attached hydrogens (tertiary/aromatic N) is 2. The number of imidazole rings is 1. The van der Waals surface area contributed by atoms with Crippen LogP contribution in [0.3, 0.4) is 0 Å². The molecule has 0 saturated carbocycles. The Hall–Kier alpha value is -1.84. The number of fused-ring (bicyclic) bond motifs is 1. The summed E-state index contributed by atoms with van der Waals surface area (Å²) in [6.07, 6.45) is -0.132. The number of para-hydroxylation sites is 2. The maximum Gasteiger partial charge on any atom is 0.374 e. The number of carbonyl (C=O) groups is 1. The van der Waals surface area contributed by atoms with Crippen LogP contribution >= 0.6 is 0 Å². The Morgan fingerprint density at radius 2 is 2.06 bits per heavy atom. The molecule has 0 unspecified atom stereocenters. The lowest BCUT2D eigenvalue weighted by molar-refractivity contribution is 0.0360. The van der Waals surface area contributed by atoms with E-state index >= 15 is 0 Å². The molecule has 0 amide bonds. The van der Waals surface area contributed by atoms with Gasteiger partial charge in [0.15, 0.2) is 0 Å². The number of ether oxygens (including phenoxy) is 1. The van der Waals surface area contributed by atoms with Crippen LogP contribution in [0.4, 0.5) is 0 Å². The number of esters is 1. The monoisotopic (exact) mass is 218 g/mol. The Labute approximate surface area is 93.9 Å². The minimum Gasteiger partial charge on any atom is -0.457 e. The van der Waals surface area contributed by atoms with E-state index in [9.17, 15) is 4.79 Å². The molecule has 1 heterocycles. The molecule has 0 fully saturated rings. The molecule has 4 nitrogen and oxygen atoms in total. The van der Waals surface area contributed by atoms with E-state index in [2.05, 4.69) is 4.98 Å². The molecule has 1 aromatic carbocycles. The van der Waals surface area contributed by atoms with Crippen molar-refractivity contribution in [2.75, 3.05) is 0 Å². The summed E-state index contributed by atoms with van der Waals surface area (Å²) in [5.41, 5.74) is 1.74. The van der Waals surface area contributed by atoms with Gasteiger partial charge in [-0.05, 0) is 26.0 Å². The lowest BCUT2D eigenvalue weighted by atomic mass is 10.3. The summed E-state index contributed by atoms with van der Waals surface area (Å²) in [6.45, 7) is 3.64. The fourth-order valence-electron chi connectivity index (χ4n) is 1.59. The molecule has 0 aliphatic rings. The fraction of sp³-hybridized carbons (Fsp3) is 0.333. The van der Waals surface area contributed by atoms with Crippen molar-refractivity contribution in [2.45, 2.75) is 20.0 Å². The summed E-state index contributed by atoms with van der Waals surface area (Å²) in [4.78, 5) is 16.0. The lowest BCUT2D eigenvalue weighted by Crippen LogP contribution is -2.15. The van der Waals surface area contributed by atoms with Gasteiger partial charge in [-0.3, -0.25) is 0 Å². The molecular weight excluding hydrogens is 204 g/mol. The zero-order valence-electron chi connectivity index (χ0n) is 9.60. The van der Waals surface area contributed by atoms with Gasteiger partial charge in [-0.2, -0.15) is 0 Å². The van der Waals surface area contributed by atoms with Crippen LogP contribution in [0.15, 0.2) is 24.3 Å². The van der Waals surface area contributed by atoms with Crippen LogP contribution < -0.4 is 0 Å². The summed E-state index contributed by atoms with van der Waals surface area (Å²) in [7, 11) is 1.81. The van der Waals surface area contributed by atoms with Crippen LogP contribution in [0, 0.1) is 0 Å². The van der Waals surface area contributed by atoms with Crippen molar-refractivity contribution in [1.82, 2.24) is 9.55 Å². The predicted molar refractivity (Wildman–Crippen MR) is 61.3 cm³/mol. The smallest absolute Gasteiger partial charge is 0.374 e. The van der Waals surface area contributed by atoms with E-state index in [1.807, 2.05) is 45.2 Å². The molecule has 0 N–H and O–H groups in total. The number of carbonyl (C=O) groups excluding carboxylic acids is 1. The molecule has 0 radical (unpaired) electrons. The van der Waals surface area contributed by atoms with E-state index in [1.165, 1.54) is 0 Å². The maximum absolute atomic E-state index is 11.7. The second-order valence-corrected chi connectivity index (χ2v) is 3.94. The number of hydrogen-bond acceptors (Lipinski definition) is 3. The third-order valence-corrected chi connectivity index (χ3v) is 2.31. The fourth-order valence-corrected chi connectivity index (χ4v) is 1.59. The van der Waals surface area contributed by atoms with E-state index in [-0.39, 0.29) is 12.1 Å². The molecule has 0 spiro atoms. The van der Waals surface area contributed by atoms with Crippen LogP contribution in [-0.2, 0) is 11.8 Å². The summed E-state index contributed by atoms with van der Waals surface area (Å²) in [5.74, 6) is -0.0383. The summed E-state index contributed by atoms with van der Waals surface area (Å²) >= 11 is 0. The topological polar surface area (TPSA) is 44.1 Å². The molecule has 2 rings (SSSR count). The third kappa shape index (κ3) is 1.78. The zero-order valence-corrected chi connectivity index (χ0v) is 9.60. The molecule has 0 atom stereocenters. The van der Waals surface area contributed by atoms with Crippen molar-refractivity contribution >= 4 is 17.0 Å². The number of hydrogen-bond donors (Lipinski definition) is 0. The SMILES string of the molecule is CC(C)OC(=O)c1nc2ccccc2n1C. The van der Waals surface area contributed by atoms with Gasteiger partial charge in [-0.15, -0.1) is 0 Å². The van der Waals surface area contributed by atoms with Gasteiger partial charge in [0.25, 0.3) is 0 Å². The van der Waals surface area contributed by atoms with Crippen molar-refractivity contribution in [1.29, 1.82) is 0 Å². The Bertz CT molecular complexity index is 529. The van der Waals surface area contributed by atoms with Crippen molar-refractivity contribution in [3.8, 4) is 0 Å². The summed E-state index contributed by atoms with van der Waals surface area (Å²) in [5, 5.41) is 0. The van der Waals surface area contributed by atoms with E-state index in [1.54, 1.807) is 4.57 Å². The van der Waals surface area contributed by atoms with Crippen LogP contribution in [0.5, 0.6) is 0 Å². The third-order valence-electron chi connectivity index (χ3n) is 2.31. The molecule has 2 aromatic rings. The Kier molecular flexibility index (Phi) is 2.64. The van der Waals surface area contributed by atoms with Gasteiger partial charge in [0.1, 0.15) is 0 Å². The van der Waals surface area contributed by atoms with Gasteiger partial charge in [-0.25, -0.2) is 9.78 Å². The second-order valence-electron chi connectivity index (χ2n) is 3.94. The molecule has 4 heteroatoms. The maximum atomic E-state index is 11.7. The van der Waals surface area contributed by atoms with Crippen molar-refractivity contribution in [3.63, 3.8) is 0 Å². The minimum atomic E-state index is -0.381. The highest BCUT2D eigenvalue weighted by molar-refractivity contribution is 5.91. The highest BCUT2D eigenvalue weighted by Crippen LogP contribution is 2.15. The second kappa shape index (κ2) is 3.96. The average molecular weight is 218 g/mol. The molecule has 0 saturated heterocycles. The molecule has 16 heavy (non-hydrogen) atoms. The predicted octanol–water partition coefficient (Wildman–Crippen LogP) is 2.14. The summed E-state index contributed by atoms with van der Waals surface area (Å²) < 4.78 is 6.87. The van der Waals surface area contributed by atoms with Crippen LogP contribution in [-0.4, -0.2) is 21.6 Å². The Morgan fingerprint density at radius 3 is 2.69 bits per heavy atom. The standard InChI is InChI=1S/C12H14N2O2/c1-8(2)16-12(15)11-13-9-6-4-5-7-10(9)14(11)3/h4-8H,1-3H3. The molecule has 84 valence electrons. The van der Waals surface area contributed by atoms with E-state index in [0.29, 0.717) is 5.82 Å². The largest absolute Gasteiger partial charge is 0.457 e. The van der Waals surface area contributed by atoms with Crippen molar-refractivity contribution in [3.05, 3.63) is 30.1 Å². The Balaban J connectivity index is 2.45. The van der Waals surface area contributed by atoms with Gasteiger partial charge in [0.05, 0.1) is 17.1 Å². The van der Waals surface area contributed by atoms with Crippen LogP contribution in [0.2, 0.25) is 0 Å². The molecule has 0 aliphatic carbocycles. The number of aromatic nitrogens is 2. The highest BCUT2D eigenvalue weighted by Gasteiger charge is 2.17. The van der Waals surface area contributed by atoms with Gasteiger partial charge in [0.2, 0.25) is 5.82 Å². The first-order valence-electron chi connectivity index (χ1n) is 5.22. The lowest BCUT2D eigenvalue weighted by Gasteiger charge is -2.07. The molecular formula is C12H14N2O2. The number of benzene rings is 1.